The Hall–Kier alpha value is -1.08. The number of hydrogen-bond acceptors (Lipinski definition) is 3. The first kappa shape index (κ1) is 15.9. The van der Waals surface area contributed by atoms with Crippen molar-refractivity contribution < 1.29 is 4.79 Å². The Kier molecular flexibility index (Phi) is 7.56. The standard InChI is InChI=1S/C13H25N3O/c1-10(6-5-7-11(2)15)13(17)16(4)12(3)8-9-14/h10-12H,5-8,15H2,1-4H3. The van der Waals surface area contributed by atoms with Gasteiger partial charge in [-0.1, -0.05) is 13.3 Å². The molecule has 0 aromatic carbocycles. The highest BCUT2D eigenvalue weighted by Crippen LogP contribution is 2.14. The second-order valence-electron chi connectivity index (χ2n) is 4.97. The van der Waals surface area contributed by atoms with Crippen molar-refractivity contribution in [2.45, 2.75) is 58.5 Å². The van der Waals surface area contributed by atoms with Gasteiger partial charge in [0.15, 0.2) is 0 Å². The zero-order valence-electron chi connectivity index (χ0n) is 11.4. The monoisotopic (exact) mass is 239 g/mol. The molecule has 0 aliphatic carbocycles. The van der Waals surface area contributed by atoms with Gasteiger partial charge in [0.2, 0.25) is 5.91 Å². The molecule has 0 rings (SSSR count). The zero-order chi connectivity index (χ0) is 13.4. The molecule has 17 heavy (non-hydrogen) atoms. The Labute approximate surface area is 105 Å². The number of amides is 1. The molecule has 0 spiro atoms. The molecule has 4 nitrogen and oxygen atoms in total. The number of nitriles is 1. The van der Waals surface area contributed by atoms with Crippen LogP contribution in [0.5, 0.6) is 0 Å². The van der Waals surface area contributed by atoms with Crippen molar-refractivity contribution >= 4 is 5.91 Å². The van der Waals surface area contributed by atoms with Gasteiger partial charge in [-0.2, -0.15) is 5.26 Å². The van der Waals surface area contributed by atoms with Gasteiger partial charge in [0, 0.05) is 25.0 Å². The van der Waals surface area contributed by atoms with Gasteiger partial charge in [0.1, 0.15) is 0 Å². The number of hydrogen-bond donors (Lipinski definition) is 1. The smallest absolute Gasteiger partial charge is 0.225 e. The van der Waals surface area contributed by atoms with Gasteiger partial charge in [-0.05, 0) is 26.7 Å². The first-order valence-electron chi connectivity index (χ1n) is 6.29. The fraction of sp³-hybridized carbons (Fsp3) is 0.846. The summed E-state index contributed by atoms with van der Waals surface area (Å²) in [5.41, 5.74) is 5.67. The third kappa shape index (κ3) is 6.28. The summed E-state index contributed by atoms with van der Waals surface area (Å²) in [6.07, 6.45) is 3.18. The van der Waals surface area contributed by atoms with Crippen LogP contribution >= 0.6 is 0 Å². The zero-order valence-corrected chi connectivity index (χ0v) is 11.4. The van der Waals surface area contributed by atoms with E-state index in [1.807, 2.05) is 20.8 Å². The lowest BCUT2D eigenvalue weighted by molar-refractivity contribution is -0.135. The van der Waals surface area contributed by atoms with Gasteiger partial charge < -0.3 is 10.6 Å². The van der Waals surface area contributed by atoms with Gasteiger partial charge in [0.25, 0.3) is 0 Å². The summed E-state index contributed by atoms with van der Waals surface area (Å²) < 4.78 is 0. The number of carbonyl (C=O) groups is 1. The van der Waals surface area contributed by atoms with Crippen LogP contribution in [0.15, 0.2) is 0 Å². The average Bonchev–Trinajstić information content (AvgIpc) is 2.26. The molecule has 0 aromatic rings. The van der Waals surface area contributed by atoms with Crippen molar-refractivity contribution in [2.24, 2.45) is 11.7 Å². The van der Waals surface area contributed by atoms with Crippen LogP contribution in [-0.2, 0) is 4.79 Å². The van der Waals surface area contributed by atoms with Crippen molar-refractivity contribution in [2.75, 3.05) is 7.05 Å². The Morgan fingerprint density at radius 2 is 1.94 bits per heavy atom. The van der Waals surface area contributed by atoms with Gasteiger partial charge in [0.05, 0.1) is 12.5 Å². The van der Waals surface area contributed by atoms with Crippen LogP contribution in [-0.4, -0.2) is 29.9 Å². The molecule has 0 fully saturated rings. The van der Waals surface area contributed by atoms with Crippen LogP contribution < -0.4 is 5.73 Å². The van der Waals surface area contributed by atoms with Gasteiger partial charge in [-0.25, -0.2) is 0 Å². The Morgan fingerprint density at radius 1 is 1.35 bits per heavy atom. The number of rotatable bonds is 7. The summed E-state index contributed by atoms with van der Waals surface area (Å²) in [6.45, 7) is 5.82. The minimum absolute atomic E-state index is 0.0108. The molecule has 0 aromatic heterocycles. The lowest BCUT2D eigenvalue weighted by Gasteiger charge is -2.26. The first-order chi connectivity index (χ1) is 7.90. The van der Waals surface area contributed by atoms with Gasteiger partial charge in [-0.15, -0.1) is 0 Å². The van der Waals surface area contributed by atoms with E-state index in [0.29, 0.717) is 6.42 Å². The van der Waals surface area contributed by atoms with Crippen molar-refractivity contribution in [1.82, 2.24) is 4.90 Å². The summed E-state index contributed by atoms with van der Waals surface area (Å²) >= 11 is 0. The van der Waals surface area contributed by atoms with Crippen LogP contribution in [0, 0.1) is 17.2 Å². The van der Waals surface area contributed by atoms with E-state index in [9.17, 15) is 4.79 Å². The number of nitrogens with two attached hydrogens (primary N) is 1. The Morgan fingerprint density at radius 3 is 2.41 bits per heavy atom. The third-order valence-electron chi connectivity index (χ3n) is 3.11. The normalized spacial score (nSPS) is 15.8. The molecule has 4 heteroatoms. The predicted octanol–water partition coefficient (Wildman–Crippen LogP) is 1.90. The second kappa shape index (κ2) is 8.08. The topological polar surface area (TPSA) is 70.1 Å². The molecule has 0 aliphatic heterocycles. The quantitative estimate of drug-likeness (QED) is 0.737. The Balaban J connectivity index is 4.07. The summed E-state index contributed by atoms with van der Waals surface area (Å²) in [7, 11) is 1.77. The molecule has 0 saturated carbocycles. The molecule has 98 valence electrons. The first-order valence-corrected chi connectivity index (χ1v) is 6.29. The molecular weight excluding hydrogens is 214 g/mol. The van der Waals surface area contributed by atoms with E-state index in [1.165, 1.54) is 0 Å². The van der Waals surface area contributed by atoms with E-state index in [1.54, 1.807) is 11.9 Å². The largest absolute Gasteiger partial charge is 0.342 e. The number of nitrogens with zero attached hydrogens (tertiary/aromatic N) is 2. The van der Waals surface area contributed by atoms with E-state index in [4.69, 9.17) is 11.0 Å². The Bertz CT molecular complexity index is 270. The molecule has 0 aliphatic rings. The molecule has 2 N–H and O–H groups in total. The molecule has 0 saturated heterocycles. The maximum atomic E-state index is 12.0. The molecule has 0 heterocycles. The SMILES string of the molecule is CC(N)CCCC(C)C(=O)N(C)C(C)CC#N. The summed E-state index contributed by atoms with van der Waals surface area (Å²) in [6, 6.07) is 2.28. The fourth-order valence-electron chi connectivity index (χ4n) is 1.70. The average molecular weight is 239 g/mol. The molecule has 1 amide bonds. The second-order valence-corrected chi connectivity index (χ2v) is 4.97. The maximum absolute atomic E-state index is 12.0. The van der Waals surface area contributed by atoms with E-state index in [-0.39, 0.29) is 23.9 Å². The molecule has 0 bridgehead atoms. The highest BCUT2D eigenvalue weighted by Gasteiger charge is 2.20. The van der Waals surface area contributed by atoms with E-state index in [0.717, 1.165) is 19.3 Å². The fourth-order valence-corrected chi connectivity index (χ4v) is 1.70. The molecular formula is C13H25N3O. The number of carbonyl (C=O) groups excluding carboxylic acids is 1. The highest BCUT2D eigenvalue weighted by molar-refractivity contribution is 5.78. The predicted molar refractivity (Wildman–Crippen MR) is 69.1 cm³/mol. The van der Waals surface area contributed by atoms with Crippen LogP contribution in [0.25, 0.3) is 0 Å². The maximum Gasteiger partial charge on any atom is 0.225 e. The minimum atomic E-state index is -0.0108. The highest BCUT2D eigenvalue weighted by atomic mass is 16.2. The molecule has 3 atom stereocenters. The van der Waals surface area contributed by atoms with Crippen molar-refractivity contribution in [3.05, 3.63) is 0 Å². The molecule has 0 radical (unpaired) electrons. The van der Waals surface area contributed by atoms with Crippen molar-refractivity contribution in [3.8, 4) is 6.07 Å². The van der Waals surface area contributed by atoms with Gasteiger partial charge in [-0.3, -0.25) is 4.79 Å². The van der Waals surface area contributed by atoms with Gasteiger partial charge >= 0.3 is 0 Å². The van der Waals surface area contributed by atoms with E-state index < -0.39 is 0 Å². The van der Waals surface area contributed by atoms with Crippen molar-refractivity contribution in [3.63, 3.8) is 0 Å². The lowest BCUT2D eigenvalue weighted by atomic mass is 10.00. The summed E-state index contributed by atoms with van der Waals surface area (Å²) in [5.74, 6) is 0.136. The van der Waals surface area contributed by atoms with Crippen LogP contribution in [0.2, 0.25) is 0 Å². The van der Waals surface area contributed by atoms with Crippen LogP contribution in [0.4, 0.5) is 0 Å². The summed E-state index contributed by atoms with van der Waals surface area (Å²) in [5, 5.41) is 8.61. The third-order valence-corrected chi connectivity index (χ3v) is 3.11. The van der Waals surface area contributed by atoms with E-state index >= 15 is 0 Å². The molecule has 3 unspecified atom stereocenters. The van der Waals surface area contributed by atoms with Crippen LogP contribution in [0.3, 0.4) is 0 Å². The van der Waals surface area contributed by atoms with Crippen molar-refractivity contribution in [1.29, 1.82) is 5.26 Å². The van der Waals surface area contributed by atoms with E-state index in [2.05, 4.69) is 6.07 Å². The summed E-state index contributed by atoms with van der Waals surface area (Å²) in [4.78, 5) is 13.7. The van der Waals surface area contributed by atoms with Crippen LogP contribution in [0.1, 0.15) is 46.5 Å². The lowest BCUT2D eigenvalue weighted by Crippen LogP contribution is -2.38. The minimum Gasteiger partial charge on any atom is -0.342 e.